The van der Waals surface area contributed by atoms with Crippen LogP contribution in [0.15, 0.2) is 65.1 Å². The van der Waals surface area contributed by atoms with Crippen molar-refractivity contribution in [2.24, 2.45) is 0 Å². The number of anilines is 1. The highest BCUT2D eigenvalue weighted by atomic mass is 19.4. The zero-order valence-electron chi connectivity index (χ0n) is 17.8. The number of ether oxygens (including phenoxy) is 1. The molecule has 34 heavy (non-hydrogen) atoms. The Morgan fingerprint density at radius 2 is 1.65 bits per heavy atom. The van der Waals surface area contributed by atoms with Gasteiger partial charge in [-0.1, -0.05) is 6.07 Å². The molecular formula is C24H20F4N2O4. The van der Waals surface area contributed by atoms with Crippen molar-refractivity contribution in [1.82, 2.24) is 4.90 Å². The minimum atomic E-state index is -4.43. The lowest BCUT2D eigenvalue weighted by atomic mass is 10.1. The second-order valence-electron chi connectivity index (χ2n) is 7.66. The standard InChI is InChI=1S/C24H20F4N2O4/c25-18-6-4-16(5-7-18)20-8-9-21(34-20)23(32)33-15-22(31)30-12-10-29(11-13-30)19-3-1-2-17(14-19)24(26,27)28/h1-9,14H,10-13,15H2. The van der Waals surface area contributed by atoms with Gasteiger partial charge in [0.2, 0.25) is 5.76 Å². The summed E-state index contributed by atoms with van der Waals surface area (Å²) in [5.41, 5.74) is 0.286. The van der Waals surface area contributed by atoms with Crippen LogP contribution in [0.2, 0.25) is 0 Å². The van der Waals surface area contributed by atoms with Gasteiger partial charge in [0.05, 0.1) is 5.56 Å². The third-order valence-electron chi connectivity index (χ3n) is 5.43. The maximum absolute atomic E-state index is 13.0. The number of nitrogens with zero attached hydrogens (tertiary/aromatic N) is 2. The van der Waals surface area contributed by atoms with Crippen LogP contribution in [0.4, 0.5) is 23.2 Å². The van der Waals surface area contributed by atoms with Crippen LogP contribution in [0, 0.1) is 5.82 Å². The molecule has 1 aromatic heterocycles. The van der Waals surface area contributed by atoms with Gasteiger partial charge < -0.3 is 19.0 Å². The van der Waals surface area contributed by atoms with Gasteiger partial charge in [-0.05, 0) is 54.6 Å². The molecule has 3 aromatic rings. The highest BCUT2D eigenvalue weighted by Gasteiger charge is 2.31. The average molecular weight is 476 g/mol. The van der Waals surface area contributed by atoms with E-state index in [1.165, 1.54) is 41.3 Å². The largest absolute Gasteiger partial charge is 0.450 e. The summed E-state index contributed by atoms with van der Waals surface area (Å²) in [6.07, 6.45) is -4.43. The SMILES string of the molecule is O=C(OCC(=O)N1CCN(c2cccc(C(F)(F)F)c2)CC1)c1ccc(-c2ccc(F)cc2)o1. The Balaban J connectivity index is 1.28. The van der Waals surface area contributed by atoms with Gasteiger partial charge in [0.15, 0.2) is 6.61 Å². The van der Waals surface area contributed by atoms with E-state index in [9.17, 15) is 27.2 Å². The van der Waals surface area contributed by atoms with Gasteiger partial charge in [0.25, 0.3) is 5.91 Å². The molecule has 10 heteroatoms. The summed E-state index contributed by atoms with van der Waals surface area (Å²) in [6.45, 7) is 0.763. The first-order valence-corrected chi connectivity index (χ1v) is 10.4. The highest BCUT2D eigenvalue weighted by molar-refractivity contribution is 5.89. The second kappa shape index (κ2) is 9.58. The zero-order chi connectivity index (χ0) is 24.3. The highest BCUT2D eigenvalue weighted by Crippen LogP contribution is 2.32. The fraction of sp³-hybridized carbons (Fsp3) is 0.250. The zero-order valence-corrected chi connectivity index (χ0v) is 17.8. The first-order chi connectivity index (χ1) is 16.2. The summed E-state index contributed by atoms with van der Waals surface area (Å²) in [4.78, 5) is 27.9. The third-order valence-corrected chi connectivity index (χ3v) is 5.43. The molecule has 1 amide bonds. The van der Waals surface area contributed by atoms with E-state index in [0.717, 1.165) is 12.1 Å². The van der Waals surface area contributed by atoms with Crippen LogP contribution in [0.3, 0.4) is 0 Å². The number of piperazine rings is 1. The van der Waals surface area contributed by atoms with Crippen molar-refractivity contribution in [3.05, 3.63) is 77.8 Å². The number of carbonyl (C=O) groups is 2. The number of amides is 1. The van der Waals surface area contributed by atoms with Gasteiger partial charge >= 0.3 is 12.1 Å². The Hall–Kier alpha value is -3.82. The number of esters is 1. The lowest BCUT2D eigenvalue weighted by molar-refractivity contribution is -0.137. The maximum Gasteiger partial charge on any atom is 0.416 e. The normalized spacial score (nSPS) is 14.2. The lowest BCUT2D eigenvalue weighted by Gasteiger charge is -2.36. The summed E-state index contributed by atoms with van der Waals surface area (Å²) in [6, 6.07) is 13.5. The molecule has 0 aliphatic carbocycles. The van der Waals surface area contributed by atoms with Crippen LogP contribution in [-0.2, 0) is 15.7 Å². The summed E-state index contributed by atoms with van der Waals surface area (Å²) < 4.78 is 62.4. The van der Waals surface area contributed by atoms with Crippen molar-refractivity contribution in [2.45, 2.75) is 6.18 Å². The topological polar surface area (TPSA) is 63.0 Å². The van der Waals surface area contributed by atoms with Crippen LogP contribution in [0.1, 0.15) is 16.1 Å². The molecule has 1 fully saturated rings. The predicted molar refractivity (Wildman–Crippen MR) is 115 cm³/mol. The van der Waals surface area contributed by atoms with Crippen molar-refractivity contribution in [1.29, 1.82) is 0 Å². The van der Waals surface area contributed by atoms with E-state index in [0.29, 0.717) is 30.1 Å². The van der Waals surface area contributed by atoms with E-state index in [2.05, 4.69) is 0 Å². The number of hydrogen-bond acceptors (Lipinski definition) is 5. The van der Waals surface area contributed by atoms with Crippen LogP contribution in [0.5, 0.6) is 0 Å². The molecule has 0 saturated carbocycles. The molecule has 178 valence electrons. The molecule has 2 aromatic carbocycles. The molecule has 0 N–H and O–H groups in total. The van der Waals surface area contributed by atoms with Gasteiger partial charge in [-0.25, -0.2) is 9.18 Å². The maximum atomic E-state index is 13.0. The smallest absolute Gasteiger partial charge is 0.416 e. The number of halogens is 4. The first-order valence-electron chi connectivity index (χ1n) is 10.4. The van der Waals surface area contributed by atoms with Crippen molar-refractivity contribution >= 4 is 17.6 Å². The molecule has 0 spiro atoms. The number of rotatable bonds is 5. The minimum Gasteiger partial charge on any atom is -0.450 e. The Kier molecular flexibility index (Phi) is 6.58. The molecule has 0 bridgehead atoms. The van der Waals surface area contributed by atoms with E-state index in [1.807, 2.05) is 0 Å². The van der Waals surface area contributed by atoms with Crippen molar-refractivity contribution in [2.75, 3.05) is 37.7 Å². The van der Waals surface area contributed by atoms with Gasteiger partial charge in [-0.3, -0.25) is 4.79 Å². The quantitative estimate of drug-likeness (QED) is 0.398. The molecule has 1 aliphatic heterocycles. The number of benzene rings is 2. The van der Waals surface area contributed by atoms with Crippen LogP contribution in [0.25, 0.3) is 11.3 Å². The molecule has 0 radical (unpaired) electrons. The first kappa shape index (κ1) is 23.3. The molecule has 0 unspecified atom stereocenters. The Morgan fingerprint density at radius 1 is 0.941 bits per heavy atom. The third kappa shape index (κ3) is 5.38. The van der Waals surface area contributed by atoms with E-state index < -0.39 is 36.0 Å². The predicted octanol–water partition coefficient (Wildman–Crippen LogP) is 4.61. The van der Waals surface area contributed by atoms with Crippen LogP contribution < -0.4 is 4.90 Å². The minimum absolute atomic E-state index is 0.0958. The number of alkyl halides is 3. The van der Waals surface area contributed by atoms with Gasteiger partial charge in [-0.2, -0.15) is 13.2 Å². The van der Waals surface area contributed by atoms with Gasteiger partial charge in [-0.15, -0.1) is 0 Å². The van der Waals surface area contributed by atoms with Crippen LogP contribution >= 0.6 is 0 Å². The summed E-state index contributed by atoms with van der Waals surface area (Å²) in [5.74, 6) is -1.37. The molecule has 0 atom stereocenters. The molecule has 1 saturated heterocycles. The fourth-order valence-electron chi connectivity index (χ4n) is 3.60. The number of hydrogen-bond donors (Lipinski definition) is 0. The van der Waals surface area contributed by atoms with Gasteiger partial charge in [0, 0.05) is 37.4 Å². The number of carbonyl (C=O) groups excluding carboxylic acids is 2. The average Bonchev–Trinajstić information content (AvgIpc) is 3.33. The molecule has 4 rings (SSSR count). The van der Waals surface area contributed by atoms with Crippen molar-refractivity contribution in [3.8, 4) is 11.3 Å². The Labute approximate surface area is 192 Å². The Bertz CT molecular complexity index is 1170. The summed E-state index contributed by atoms with van der Waals surface area (Å²) in [5, 5.41) is 0. The molecule has 6 nitrogen and oxygen atoms in total. The van der Waals surface area contributed by atoms with Crippen molar-refractivity contribution in [3.63, 3.8) is 0 Å². The van der Waals surface area contributed by atoms with E-state index in [-0.39, 0.29) is 18.8 Å². The Morgan fingerprint density at radius 3 is 2.32 bits per heavy atom. The molecule has 1 aliphatic rings. The van der Waals surface area contributed by atoms with E-state index >= 15 is 0 Å². The van der Waals surface area contributed by atoms with E-state index in [1.54, 1.807) is 17.0 Å². The monoisotopic (exact) mass is 476 g/mol. The van der Waals surface area contributed by atoms with Crippen LogP contribution in [-0.4, -0.2) is 49.6 Å². The second-order valence-corrected chi connectivity index (χ2v) is 7.66. The van der Waals surface area contributed by atoms with E-state index in [4.69, 9.17) is 9.15 Å². The summed E-state index contributed by atoms with van der Waals surface area (Å²) in [7, 11) is 0. The number of furan rings is 1. The summed E-state index contributed by atoms with van der Waals surface area (Å²) >= 11 is 0. The lowest BCUT2D eigenvalue weighted by Crippen LogP contribution is -2.50. The van der Waals surface area contributed by atoms with Gasteiger partial charge in [0.1, 0.15) is 11.6 Å². The molecular weight excluding hydrogens is 456 g/mol. The van der Waals surface area contributed by atoms with Crippen molar-refractivity contribution < 1.29 is 36.3 Å². The fourth-order valence-corrected chi connectivity index (χ4v) is 3.60. The molecule has 2 heterocycles.